The van der Waals surface area contributed by atoms with Crippen LogP contribution in [0.25, 0.3) is 0 Å². The number of carbonyl (C=O) groups excluding carboxylic acids is 1. The first-order valence-electron chi connectivity index (χ1n) is 14.4. The van der Waals surface area contributed by atoms with Crippen LogP contribution in [0.5, 0.6) is 11.5 Å². The number of nitrogens with two attached hydrogens (primary N) is 1. The largest absolute Gasteiger partial charge is 0.493 e. The molecule has 0 saturated carbocycles. The van der Waals surface area contributed by atoms with Gasteiger partial charge >= 0.3 is 0 Å². The molecule has 1 saturated heterocycles. The Labute approximate surface area is 235 Å². The van der Waals surface area contributed by atoms with E-state index in [0.717, 1.165) is 18.4 Å². The molecule has 1 aromatic carbocycles. The van der Waals surface area contributed by atoms with Gasteiger partial charge in [0.05, 0.1) is 45.7 Å². The van der Waals surface area contributed by atoms with Gasteiger partial charge in [-0.25, -0.2) is 0 Å². The van der Waals surface area contributed by atoms with E-state index in [4.69, 9.17) is 29.4 Å². The summed E-state index contributed by atoms with van der Waals surface area (Å²) in [7, 11) is 3.31. The normalized spacial score (nSPS) is 19.0. The van der Waals surface area contributed by atoms with Crippen LogP contribution in [0.1, 0.15) is 52.5 Å². The molecule has 0 aromatic heterocycles. The highest BCUT2D eigenvalue weighted by molar-refractivity contribution is 5.78. The van der Waals surface area contributed by atoms with Crippen molar-refractivity contribution in [1.29, 1.82) is 0 Å². The maximum Gasteiger partial charge on any atom is 0.223 e. The van der Waals surface area contributed by atoms with Crippen LogP contribution >= 0.6 is 0 Å². The summed E-state index contributed by atoms with van der Waals surface area (Å²) in [6.07, 6.45) is 1.64. The maximum absolute atomic E-state index is 13.0. The number of hydrogen-bond acceptors (Lipinski definition) is 8. The maximum atomic E-state index is 13.0. The monoisotopic (exact) mass is 552 g/mol. The van der Waals surface area contributed by atoms with E-state index in [2.05, 4.69) is 25.2 Å². The van der Waals surface area contributed by atoms with Crippen molar-refractivity contribution in [3.05, 3.63) is 23.8 Å². The molecule has 1 unspecified atom stereocenters. The fourth-order valence-electron chi connectivity index (χ4n) is 4.86. The summed E-state index contributed by atoms with van der Waals surface area (Å²) >= 11 is 0. The molecule has 1 amide bonds. The first-order valence-corrected chi connectivity index (χ1v) is 14.4. The lowest BCUT2D eigenvalue weighted by atomic mass is 9.81. The number of nitrogens with one attached hydrogen (secondary N) is 1. The van der Waals surface area contributed by atoms with E-state index in [0.29, 0.717) is 69.8 Å². The van der Waals surface area contributed by atoms with Gasteiger partial charge in [0.25, 0.3) is 0 Å². The van der Waals surface area contributed by atoms with Crippen LogP contribution in [0.4, 0.5) is 0 Å². The zero-order valence-electron chi connectivity index (χ0n) is 24.8. The summed E-state index contributed by atoms with van der Waals surface area (Å²) in [5.74, 6) is 1.67. The molecule has 1 aliphatic rings. The Kier molecular flexibility index (Phi) is 15.1. The summed E-state index contributed by atoms with van der Waals surface area (Å²) < 4.78 is 27.6. The Morgan fingerprint density at radius 1 is 1.10 bits per heavy atom. The van der Waals surface area contributed by atoms with Gasteiger partial charge in [-0.3, -0.25) is 4.79 Å². The smallest absolute Gasteiger partial charge is 0.223 e. The molecule has 1 fully saturated rings. The van der Waals surface area contributed by atoms with E-state index in [1.807, 2.05) is 26.0 Å². The molecule has 2 rings (SSSR count). The van der Waals surface area contributed by atoms with Gasteiger partial charge in [0, 0.05) is 38.6 Å². The Morgan fingerprint density at radius 3 is 2.49 bits per heavy atom. The third-order valence-electron chi connectivity index (χ3n) is 7.51. The molecule has 9 nitrogen and oxygen atoms in total. The molecule has 5 atom stereocenters. The Morgan fingerprint density at radius 2 is 1.87 bits per heavy atom. The highest BCUT2D eigenvalue weighted by atomic mass is 16.6. The molecule has 39 heavy (non-hydrogen) atoms. The second-order valence-corrected chi connectivity index (χ2v) is 11.3. The third kappa shape index (κ3) is 11.6. The van der Waals surface area contributed by atoms with Gasteiger partial charge < -0.3 is 39.8 Å². The third-order valence-corrected chi connectivity index (χ3v) is 7.51. The Balaban J connectivity index is 1.97. The Hall–Kier alpha value is -1.91. The van der Waals surface area contributed by atoms with Crippen molar-refractivity contribution < 1.29 is 33.6 Å². The van der Waals surface area contributed by atoms with E-state index in [9.17, 15) is 9.90 Å². The molecule has 0 aliphatic carbocycles. The summed E-state index contributed by atoms with van der Waals surface area (Å²) in [6.45, 7) is 11.5. The van der Waals surface area contributed by atoms with Gasteiger partial charge in [0.1, 0.15) is 0 Å². The number of hydrogen-bond donors (Lipinski definition) is 3. The van der Waals surface area contributed by atoms with Gasteiger partial charge in [0.15, 0.2) is 11.5 Å². The lowest BCUT2D eigenvalue weighted by Crippen LogP contribution is -2.45. The van der Waals surface area contributed by atoms with Crippen molar-refractivity contribution >= 4 is 5.91 Å². The van der Waals surface area contributed by atoms with Crippen molar-refractivity contribution in [3.8, 4) is 11.5 Å². The molecule has 0 radical (unpaired) electrons. The molecule has 1 aromatic rings. The number of benzene rings is 1. The number of amides is 1. The number of methoxy groups -OCH3 is 2. The molecule has 1 aliphatic heterocycles. The van der Waals surface area contributed by atoms with E-state index in [1.54, 1.807) is 14.2 Å². The summed E-state index contributed by atoms with van der Waals surface area (Å²) in [6, 6.07) is 5.58. The summed E-state index contributed by atoms with van der Waals surface area (Å²) in [5, 5.41) is 14.0. The fraction of sp³-hybridized carbons (Fsp3) is 0.767. The standard InChI is InChI=1S/C30H52N2O7/c1-20(2)23(14-22-8-9-28(36-6)29(15-22)39-11-7-10-35-5)16-26(31)27(33)17-25(21(3)4)30(34)32-18-24-19-37-12-13-38-24/h8-9,15,20-21,23-27,33H,7,10-14,16-19,31H2,1-6H3,(H,32,34)/t23-,24?,25-,26-,27-/m0/s1. The van der Waals surface area contributed by atoms with Gasteiger partial charge in [-0.1, -0.05) is 33.8 Å². The van der Waals surface area contributed by atoms with Gasteiger partial charge in [-0.15, -0.1) is 0 Å². The lowest BCUT2D eigenvalue weighted by molar-refractivity contribution is -0.130. The molecular weight excluding hydrogens is 500 g/mol. The highest BCUT2D eigenvalue weighted by Crippen LogP contribution is 2.31. The molecule has 0 bridgehead atoms. The predicted molar refractivity (Wildman–Crippen MR) is 152 cm³/mol. The molecule has 9 heteroatoms. The minimum absolute atomic E-state index is 0.0675. The number of carbonyl (C=O) groups is 1. The SMILES string of the molecule is COCCCOc1cc(C[C@@H](C[C@H](N)[C@@H](O)C[C@H](C(=O)NCC2COCCO2)C(C)C)C(C)C)ccc1OC. The van der Waals surface area contributed by atoms with Crippen molar-refractivity contribution in [1.82, 2.24) is 5.32 Å². The van der Waals surface area contributed by atoms with E-state index in [-0.39, 0.29) is 29.8 Å². The average molecular weight is 553 g/mol. The predicted octanol–water partition coefficient (Wildman–Crippen LogP) is 3.20. The van der Waals surface area contributed by atoms with Crippen LogP contribution in [0.15, 0.2) is 18.2 Å². The molecule has 4 N–H and O–H groups in total. The van der Waals surface area contributed by atoms with Crippen LogP contribution in [0.3, 0.4) is 0 Å². The van der Waals surface area contributed by atoms with Crippen molar-refractivity contribution in [2.75, 3.05) is 53.8 Å². The molecule has 224 valence electrons. The quantitative estimate of drug-likeness (QED) is 0.238. The highest BCUT2D eigenvalue weighted by Gasteiger charge is 2.30. The van der Waals surface area contributed by atoms with Crippen LogP contribution in [0, 0.1) is 23.7 Å². The molecule has 0 spiro atoms. The average Bonchev–Trinajstić information content (AvgIpc) is 2.92. The zero-order valence-corrected chi connectivity index (χ0v) is 24.8. The Bertz CT molecular complexity index is 830. The van der Waals surface area contributed by atoms with E-state index in [1.165, 1.54) is 0 Å². The van der Waals surface area contributed by atoms with E-state index >= 15 is 0 Å². The van der Waals surface area contributed by atoms with Gasteiger partial charge in [-0.2, -0.15) is 0 Å². The minimum Gasteiger partial charge on any atom is -0.493 e. The zero-order chi connectivity index (χ0) is 28.8. The van der Waals surface area contributed by atoms with Crippen molar-refractivity contribution in [3.63, 3.8) is 0 Å². The topological polar surface area (TPSA) is 122 Å². The first kappa shape index (κ1) is 33.3. The number of ether oxygens (including phenoxy) is 5. The number of aliphatic hydroxyl groups excluding tert-OH is 1. The summed E-state index contributed by atoms with van der Waals surface area (Å²) in [4.78, 5) is 13.0. The van der Waals surface area contributed by atoms with Crippen molar-refractivity contribution in [2.45, 2.75) is 71.6 Å². The second kappa shape index (κ2) is 17.7. The van der Waals surface area contributed by atoms with Gasteiger partial charge in [-0.05, 0) is 54.7 Å². The molecule has 1 heterocycles. The van der Waals surface area contributed by atoms with Crippen LogP contribution < -0.4 is 20.5 Å². The first-order chi connectivity index (χ1) is 18.7. The summed E-state index contributed by atoms with van der Waals surface area (Å²) in [5.41, 5.74) is 7.67. The second-order valence-electron chi connectivity index (χ2n) is 11.3. The van der Waals surface area contributed by atoms with E-state index < -0.39 is 12.1 Å². The van der Waals surface area contributed by atoms with Crippen molar-refractivity contribution in [2.24, 2.45) is 29.4 Å². The fourth-order valence-corrected chi connectivity index (χ4v) is 4.86. The van der Waals surface area contributed by atoms with Crippen LogP contribution in [-0.4, -0.2) is 83.1 Å². The van der Waals surface area contributed by atoms with Gasteiger partial charge in [0.2, 0.25) is 5.91 Å². The molecular formula is C30H52N2O7. The van der Waals surface area contributed by atoms with Crippen LogP contribution in [-0.2, 0) is 25.4 Å². The van der Waals surface area contributed by atoms with Crippen LogP contribution in [0.2, 0.25) is 0 Å². The number of aliphatic hydroxyl groups is 1. The lowest BCUT2D eigenvalue weighted by Gasteiger charge is -2.30. The minimum atomic E-state index is -0.783. The number of rotatable bonds is 18.